The third-order valence-electron chi connectivity index (χ3n) is 5.34. The van der Waals surface area contributed by atoms with E-state index >= 15 is 0 Å². The molecule has 134 valence electrons. The number of ether oxygens (including phenoxy) is 1. The number of carbonyl (C=O) groups is 1. The minimum atomic E-state index is -0.216. The Kier molecular flexibility index (Phi) is 5.50. The van der Waals surface area contributed by atoms with Crippen LogP contribution in [0.2, 0.25) is 0 Å². The van der Waals surface area contributed by atoms with E-state index in [0.29, 0.717) is 18.4 Å². The van der Waals surface area contributed by atoms with Crippen molar-refractivity contribution in [2.45, 2.75) is 45.8 Å². The largest absolute Gasteiger partial charge is 0.378 e. The van der Waals surface area contributed by atoms with Gasteiger partial charge in [-0.05, 0) is 45.1 Å². The molecule has 0 saturated carbocycles. The highest BCUT2D eigenvalue weighted by atomic mass is 16.5. The van der Waals surface area contributed by atoms with Crippen LogP contribution in [-0.2, 0) is 22.7 Å². The van der Waals surface area contributed by atoms with Crippen LogP contribution in [0.3, 0.4) is 0 Å². The molecule has 0 bridgehead atoms. The number of nitrogens with one attached hydrogen (secondary N) is 1. The molecule has 3 rings (SSSR count). The maximum atomic E-state index is 12.9. The highest BCUT2D eigenvalue weighted by Crippen LogP contribution is 2.30. The van der Waals surface area contributed by atoms with Crippen LogP contribution >= 0.6 is 0 Å². The van der Waals surface area contributed by atoms with Crippen molar-refractivity contribution in [3.05, 3.63) is 11.9 Å². The summed E-state index contributed by atoms with van der Waals surface area (Å²) in [6, 6.07) is 0. The molecule has 24 heavy (non-hydrogen) atoms. The fourth-order valence-corrected chi connectivity index (χ4v) is 3.85. The van der Waals surface area contributed by atoms with Gasteiger partial charge in [-0.15, -0.1) is 5.10 Å². The highest BCUT2D eigenvalue weighted by molar-refractivity contribution is 5.82. The molecule has 3 heterocycles. The molecule has 0 aromatic carbocycles. The van der Waals surface area contributed by atoms with Gasteiger partial charge in [0.2, 0.25) is 5.91 Å². The smallest absolute Gasteiger partial charge is 0.229 e. The van der Waals surface area contributed by atoms with Gasteiger partial charge in [-0.1, -0.05) is 5.21 Å². The lowest BCUT2D eigenvalue weighted by atomic mass is 9.80. The lowest BCUT2D eigenvalue weighted by Crippen LogP contribution is -2.52. The summed E-state index contributed by atoms with van der Waals surface area (Å²) >= 11 is 0. The van der Waals surface area contributed by atoms with Gasteiger partial charge < -0.3 is 15.0 Å². The van der Waals surface area contributed by atoms with Crippen molar-refractivity contribution >= 4 is 5.91 Å². The zero-order chi connectivity index (χ0) is 17.0. The van der Waals surface area contributed by atoms with E-state index in [4.69, 9.17) is 4.74 Å². The molecule has 1 aromatic rings. The van der Waals surface area contributed by atoms with Crippen molar-refractivity contribution in [2.24, 2.45) is 11.3 Å². The molecule has 1 atom stereocenters. The van der Waals surface area contributed by atoms with Crippen LogP contribution in [0.15, 0.2) is 6.20 Å². The van der Waals surface area contributed by atoms with Crippen molar-refractivity contribution in [3.8, 4) is 0 Å². The Balaban J connectivity index is 1.49. The van der Waals surface area contributed by atoms with Crippen LogP contribution in [0.5, 0.6) is 0 Å². The number of carbonyl (C=O) groups excluding carboxylic acids is 1. The van der Waals surface area contributed by atoms with Gasteiger partial charge in [0.15, 0.2) is 0 Å². The Hall–Kier alpha value is -1.47. The number of hydrogen-bond acceptors (Lipinski definition) is 5. The first kappa shape index (κ1) is 17.4. The predicted molar refractivity (Wildman–Crippen MR) is 90.2 cm³/mol. The lowest BCUT2D eigenvalue weighted by Gasteiger charge is -2.40. The zero-order valence-electron chi connectivity index (χ0n) is 14.8. The Labute approximate surface area is 143 Å². The number of likely N-dealkylation sites (tertiary alicyclic amines) is 1. The molecule has 2 saturated heterocycles. The normalized spacial score (nSPS) is 25.8. The van der Waals surface area contributed by atoms with Crippen LogP contribution in [0.4, 0.5) is 0 Å². The maximum absolute atomic E-state index is 12.9. The van der Waals surface area contributed by atoms with E-state index in [1.54, 1.807) is 7.11 Å². The summed E-state index contributed by atoms with van der Waals surface area (Å²) in [5.41, 5.74) is 0.648. The summed E-state index contributed by atoms with van der Waals surface area (Å²) in [4.78, 5) is 14.9. The summed E-state index contributed by atoms with van der Waals surface area (Å²) in [5.74, 6) is 0.889. The topological polar surface area (TPSA) is 72.3 Å². The van der Waals surface area contributed by atoms with Crippen LogP contribution < -0.4 is 5.32 Å². The van der Waals surface area contributed by atoms with E-state index in [1.165, 1.54) is 0 Å². The summed E-state index contributed by atoms with van der Waals surface area (Å²) in [5, 5.41) is 11.6. The van der Waals surface area contributed by atoms with Gasteiger partial charge in [0.25, 0.3) is 0 Å². The summed E-state index contributed by atoms with van der Waals surface area (Å²) in [6.45, 7) is 7.05. The Bertz CT molecular complexity index is 545. The second-order valence-electron chi connectivity index (χ2n) is 7.44. The lowest BCUT2D eigenvalue weighted by molar-refractivity contribution is -0.143. The molecular formula is C17H29N5O2. The molecule has 7 nitrogen and oxygen atoms in total. The molecular weight excluding hydrogens is 306 g/mol. The van der Waals surface area contributed by atoms with Gasteiger partial charge in [0.1, 0.15) is 5.69 Å². The van der Waals surface area contributed by atoms with Gasteiger partial charge in [-0.2, -0.15) is 0 Å². The average molecular weight is 335 g/mol. The first-order chi connectivity index (χ1) is 11.6. The van der Waals surface area contributed by atoms with E-state index < -0.39 is 0 Å². The summed E-state index contributed by atoms with van der Waals surface area (Å²) in [6.07, 6.45) is 6.12. The second kappa shape index (κ2) is 7.61. The molecule has 1 aromatic heterocycles. The Morgan fingerprint density at radius 2 is 2.25 bits per heavy atom. The summed E-state index contributed by atoms with van der Waals surface area (Å²) in [7, 11) is 1.66. The first-order valence-corrected chi connectivity index (χ1v) is 8.99. The van der Waals surface area contributed by atoms with Crippen molar-refractivity contribution in [2.75, 3.05) is 33.3 Å². The minimum Gasteiger partial charge on any atom is -0.378 e. The van der Waals surface area contributed by atoms with E-state index in [9.17, 15) is 4.79 Å². The van der Waals surface area contributed by atoms with E-state index in [2.05, 4.69) is 27.5 Å². The third kappa shape index (κ3) is 3.95. The van der Waals surface area contributed by atoms with E-state index in [1.807, 2.05) is 10.9 Å². The molecule has 0 radical (unpaired) electrons. The van der Waals surface area contributed by atoms with Crippen LogP contribution in [0.25, 0.3) is 0 Å². The molecule has 1 N–H and O–H groups in total. The number of aromatic nitrogens is 3. The number of nitrogens with zero attached hydrogens (tertiary/aromatic N) is 4. The SMILES string of the molecule is COCc1cn(CC2CCN(C(=O)[C@@]3(C)CCCNC3)CC2)nn1. The minimum absolute atomic E-state index is 0.216. The van der Waals surface area contributed by atoms with Gasteiger partial charge in [0, 0.05) is 33.3 Å². The number of amides is 1. The maximum Gasteiger partial charge on any atom is 0.229 e. The number of piperidine rings is 2. The number of hydrogen-bond donors (Lipinski definition) is 1. The molecule has 7 heteroatoms. The molecule has 0 aliphatic carbocycles. The summed E-state index contributed by atoms with van der Waals surface area (Å²) < 4.78 is 6.98. The van der Waals surface area contributed by atoms with Gasteiger partial charge >= 0.3 is 0 Å². The molecule has 2 aliphatic heterocycles. The zero-order valence-corrected chi connectivity index (χ0v) is 14.8. The van der Waals surface area contributed by atoms with Crippen LogP contribution in [0, 0.1) is 11.3 Å². The van der Waals surface area contributed by atoms with E-state index in [0.717, 1.165) is 64.1 Å². The Morgan fingerprint density at radius 1 is 1.46 bits per heavy atom. The fraction of sp³-hybridized carbons (Fsp3) is 0.824. The molecule has 0 spiro atoms. The van der Waals surface area contributed by atoms with E-state index in [-0.39, 0.29) is 5.41 Å². The third-order valence-corrected chi connectivity index (χ3v) is 5.34. The average Bonchev–Trinajstić information content (AvgIpc) is 3.03. The highest BCUT2D eigenvalue weighted by Gasteiger charge is 2.38. The number of rotatable bonds is 5. The van der Waals surface area contributed by atoms with Gasteiger partial charge in [-0.25, -0.2) is 0 Å². The molecule has 0 unspecified atom stereocenters. The quantitative estimate of drug-likeness (QED) is 0.871. The fourth-order valence-electron chi connectivity index (χ4n) is 3.85. The first-order valence-electron chi connectivity index (χ1n) is 8.99. The van der Waals surface area contributed by atoms with Crippen molar-refractivity contribution in [1.29, 1.82) is 0 Å². The number of methoxy groups -OCH3 is 1. The van der Waals surface area contributed by atoms with Gasteiger partial charge in [-0.3, -0.25) is 9.48 Å². The molecule has 2 aliphatic rings. The Morgan fingerprint density at radius 3 is 2.92 bits per heavy atom. The van der Waals surface area contributed by atoms with Crippen molar-refractivity contribution in [3.63, 3.8) is 0 Å². The second-order valence-corrected chi connectivity index (χ2v) is 7.44. The monoisotopic (exact) mass is 335 g/mol. The van der Waals surface area contributed by atoms with Crippen LogP contribution in [-0.4, -0.2) is 59.1 Å². The van der Waals surface area contributed by atoms with Gasteiger partial charge in [0.05, 0.1) is 18.2 Å². The molecule has 1 amide bonds. The predicted octanol–water partition coefficient (Wildman–Crippen LogP) is 1.05. The van der Waals surface area contributed by atoms with Crippen LogP contribution in [0.1, 0.15) is 38.3 Å². The van der Waals surface area contributed by atoms with Crippen molar-refractivity contribution < 1.29 is 9.53 Å². The standard InChI is InChI=1S/C17H29N5O2/c1-17(6-3-7-18-13-17)16(23)21-8-4-14(5-9-21)10-22-11-15(12-24-2)19-20-22/h11,14,18H,3-10,12-13H2,1-2H3/t17-/m0/s1. The van der Waals surface area contributed by atoms with Crippen molar-refractivity contribution in [1.82, 2.24) is 25.2 Å². The molecule has 2 fully saturated rings.